The molecule has 3 aromatic carbocycles. The van der Waals surface area contributed by atoms with Gasteiger partial charge in [-0.1, -0.05) is 48.5 Å². The summed E-state index contributed by atoms with van der Waals surface area (Å²) in [5.74, 6) is 1.24. The summed E-state index contributed by atoms with van der Waals surface area (Å²) in [6.45, 7) is 0.476. The summed E-state index contributed by atoms with van der Waals surface area (Å²) in [5, 5.41) is 9.78. The van der Waals surface area contributed by atoms with Gasteiger partial charge in [0.25, 0.3) is 0 Å². The zero-order chi connectivity index (χ0) is 21.1. The predicted molar refractivity (Wildman–Crippen MR) is 117 cm³/mol. The molecule has 4 rings (SSSR count). The van der Waals surface area contributed by atoms with Crippen molar-refractivity contribution in [3.8, 4) is 17.6 Å². The molecule has 0 saturated heterocycles. The van der Waals surface area contributed by atoms with Crippen LogP contribution in [0.5, 0.6) is 11.5 Å². The lowest BCUT2D eigenvalue weighted by atomic mass is 9.83. The van der Waals surface area contributed by atoms with Crippen LogP contribution in [-0.4, -0.2) is 14.1 Å². The standard InChI is InChI=1S/C25H23N3O2/c1-28(2)19-11-12-21-23(14-19)30-25(27)22(15-26)24(21)18-9-6-10-20(13-18)29-16-17-7-4-3-5-8-17/h3-14,24H,16,27H2,1-2H3. The SMILES string of the molecule is CN(C)c1ccc2c(c1)OC(N)=C(C#N)C2c1cccc(OCc2ccccc2)c1. The average Bonchev–Trinajstić information content (AvgIpc) is 2.77. The fourth-order valence-electron chi connectivity index (χ4n) is 3.59. The van der Waals surface area contributed by atoms with Crippen LogP contribution in [0.2, 0.25) is 0 Å². The third-order valence-corrected chi connectivity index (χ3v) is 5.16. The third-order valence-electron chi connectivity index (χ3n) is 5.16. The molecular weight excluding hydrogens is 374 g/mol. The zero-order valence-corrected chi connectivity index (χ0v) is 17.0. The molecule has 1 heterocycles. The number of nitrogens with two attached hydrogens (primary N) is 1. The summed E-state index contributed by atoms with van der Waals surface area (Å²) < 4.78 is 11.8. The van der Waals surface area contributed by atoms with Crippen LogP contribution in [0.15, 0.2) is 84.3 Å². The number of anilines is 1. The molecule has 0 aromatic heterocycles. The van der Waals surface area contributed by atoms with Crippen LogP contribution in [0, 0.1) is 11.3 Å². The highest BCUT2D eigenvalue weighted by molar-refractivity contribution is 5.61. The smallest absolute Gasteiger partial charge is 0.205 e. The molecule has 1 aliphatic heterocycles. The van der Waals surface area contributed by atoms with E-state index in [9.17, 15) is 5.26 Å². The summed E-state index contributed by atoms with van der Waals surface area (Å²) in [4.78, 5) is 2.00. The molecule has 0 fully saturated rings. The Hall–Kier alpha value is -3.91. The van der Waals surface area contributed by atoms with Crippen LogP contribution in [0.1, 0.15) is 22.6 Å². The van der Waals surface area contributed by atoms with Crippen LogP contribution in [0.4, 0.5) is 5.69 Å². The minimum atomic E-state index is -0.310. The molecule has 30 heavy (non-hydrogen) atoms. The first-order chi connectivity index (χ1) is 14.6. The van der Waals surface area contributed by atoms with E-state index >= 15 is 0 Å². The van der Waals surface area contributed by atoms with Crippen molar-refractivity contribution < 1.29 is 9.47 Å². The lowest BCUT2D eigenvalue weighted by molar-refractivity contribution is 0.306. The van der Waals surface area contributed by atoms with Crippen LogP contribution >= 0.6 is 0 Å². The van der Waals surface area contributed by atoms with Gasteiger partial charge >= 0.3 is 0 Å². The molecule has 3 aromatic rings. The molecule has 5 nitrogen and oxygen atoms in total. The number of nitrogens with zero attached hydrogens (tertiary/aromatic N) is 2. The first kappa shape index (κ1) is 19.4. The second-order valence-electron chi connectivity index (χ2n) is 7.39. The van der Waals surface area contributed by atoms with Crippen molar-refractivity contribution in [3.63, 3.8) is 0 Å². The highest BCUT2D eigenvalue weighted by Gasteiger charge is 2.31. The maximum Gasteiger partial charge on any atom is 0.205 e. The lowest BCUT2D eigenvalue weighted by Gasteiger charge is -2.28. The minimum absolute atomic E-state index is 0.140. The van der Waals surface area contributed by atoms with Gasteiger partial charge in [-0.05, 0) is 29.3 Å². The van der Waals surface area contributed by atoms with Crippen LogP contribution in [0.3, 0.4) is 0 Å². The number of rotatable bonds is 5. The Morgan fingerprint density at radius 3 is 2.57 bits per heavy atom. The number of allylic oxidation sites excluding steroid dienone is 1. The van der Waals surface area contributed by atoms with E-state index in [2.05, 4.69) is 6.07 Å². The summed E-state index contributed by atoms with van der Waals surface area (Å²) in [6, 6.07) is 26.0. The van der Waals surface area contributed by atoms with Gasteiger partial charge in [-0.15, -0.1) is 0 Å². The second-order valence-corrected chi connectivity index (χ2v) is 7.39. The molecule has 0 spiro atoms. The maximum atomic E-state index is 9.78. The van der Waals surface area contributed by atoms with Crippen molar-refractivity contribution in [2.45, 2.75) is 12.5 Å². The monoisotopic (exact) mass is 397 g/mol. The molecule has 1 atom stereocenters. The van der Waals surface area contributed by atoms with Crippen LogP contribution < -0.4 is 20.1 Å². The van der Waals surface area contributed by atoms with Crippen molar-refractivity contribution in [2.75, 3.05) is 19.0 Å². The summed E-state index contributed by atoms with van der Waals surface area (Å²) in [6.07, 6.45) is 0. The number of hydrogen-bond acceptors (Lipinski definition) is 5. The molecule has 150 valence electrons. The van der Waals surface area contributed by atoms with E-state index in [1.807, 2.05) is 91.8 Å². The van der Waals surface area contributed by atoms with Crippen molar-refractivity contribution in [1.82, 2.24) is 0 Å². The van der Waals surface area contributed by atoms with Gasteiger partial charge < -0.3 is 20.1 Å². The van der Waals surface area contributed by atoms with Crippen LogP contribution in [-0.2, 0) is 6.61 Å². The van der Waals surface area contributed by atoms with E-state index in [4.69, 9.17) is 15.2 Å². The highest BCUT2D eigenvalue weighted by Crippen LogP contribution is 2.43. The second kappa shape index (κ2) is 8.22. The Balaban J connectivity index is 1.69. The number of ether oxygens (including phenoxy) is 2. The Bertz CT molecular complexity index is 1130. The molecule has 0 radical (unpaired) electrons. The summed E-state index contributed by atoms with van der Waals surface area (Å²) in [5.41, 5.74) is 10.5. The van der Waals surface area contributed by atoms with E-state index in [0.29, 0.717) is 17.9 Å². The van der Waals surface area contributed by atoms with Gasteiger partial charge in [-0.2, -0.15) is 5.26 Å². The highest BCUT2D eigenvalue weighted by atomic mass is 16.5. The number of nitriles is 1. The summed E-state index contributed by atoms with van der Waals surface area (Å²) in [7, 11) is 3.94. The summed E-state index contributed by atoms with van der Waals surface area (Å²) >= 11 is 0. The number of benzene rings is 3. The number of fused-ring (bicyclic) bond motifs is 1. The molecule has 0 amide bonds. The van der Waals surface area contributed by atoms with E-state index in [1.54, 1.807) is 0 Å². The van der Waals surface area contributed by atoms with Gasteiger partial charge in [-0.3, -0.25) is 0 Å². The van der Waals surface area contributed by atoms with Crippen molar-refractivity contribution in [3.05, 3.63) is 101 Å². The van der Waals surface area contributed by atoms with Gasteiger partial charge in [0.2, 0.25) is 5.88 Å². The first-order valence-electron chi connectivity index (χ1n) is 9.72. The van der Waals surface area contributed by atoms with Crippen molar-refractivity contribution >= 4 is 5.69 Å². The Labute approximate surface area is 176 Å². The van der Waals surface area contributed by atoms with E-state index < -0.39 is 0 Å². The van der Waals surface area contributed by atoms with Crippen molar-refractivity contribution in [1.29, 1.82) is 5.26 Å². The van der Waals surface area contributed by atoms with E-state index in [1.165, 1.54) is 0 Å². The quantitative estimate of drug-likeness (QED) is 0.684. The fourth-order valence-corrected chi connectivity index (χ4v) is 3.59. The largest absolute Gasteiger partial charge is 0.489 e. The van der Waals surface area contributed by atoms with Gasteiger partial charge in [0.15, 0.2) is 0 Å². The van der Waals surface area contributed by atoms with Gasteiger partial charge in [0.05, 0.1) is 5.92 Å². The number of hydrogen-bond donors (Lipinski definition) is 1. The Morgan fingerprint density at radius 1 is 1.03 bits per heavy atom. The average molecular weight is 397 g/mol. The molecule has 2 N–H and O–H groups in total. The van der Waals surface area contributed by atoms with E-state index in [0.717, 1.165) is 28.1 Å². The minimum Gasteiger partial charge on any atom is -0.489 e. The molecule has 0 aliphatic carbocycles. The molecule has 5 heteroatoms. The molecule has 1 unspecified atom stereocenters. The maximum absolute atomic E-state index is 9.78. The molecule has 0 saturated carbocycles. The fraction of sp³-hybridized carbons (Fsp3) is 0.160. The lowest BCUT2D eigenvalue weighted by Crippen LogP contribution is -2.21. The van der Waals surface area contributed by atoms with Gasteiger partial charge in [0.1, 0.15) is 29.7 Å². The van der Waals surface area contributed by atoms with Crippen molar-refractivity contribution in [2.24, 2.45) is 5.73 Å². The normalized spacial score (nSPS) is 15.0. The predicted octanol–water partition coefficient (Wildman–Crippen LogP) is 4.55. The van der Waals surface area contributed by atoms with Gasteiger partial charge in [0, 0.05) is 31.4 Å². The van der Waals surface area contributed by atoms with Crippen LogP contribution in [0.25, 0.3) is 0 Å². The van der Waals surface area contributed by atoms with E-state index in [-0.39, 0.29) is 11.8 Å². The molecule has 0 bridgehead atoms. The Kier molecular flexibility index (Phi) is 5.32. The molecular formula is C25H23N3O2. The first-order valence-corrected chi connectivity index (χ1v) is 9.72. The Morgan fingerprint density at radius 2 is 1.83 bits per heavy atom. The van der Waals surface area contributed by atoms with Gasteiger partial charge in [-0.25, -0.2) is 0 Å². The topological polar surface area (TPSA) is 71.5 Å². The zero-order valence-electron chi connectivity index (χ0n) is 17.0. The molecule has 1 aliphatic rings. The third kappa shape index (κ3) is 3.81.